The van der Waals surface area contributed by atoms with Crippen LogP contribution in [0.5, 0.6) is 0 Å². The molecule has 1 unspecified atom stereocenters. The number of likely N-dealkylation sites (tertiary alicyclic amines) is 1. The van der Waals surface area contributed by atoms with E-state index in [2.05, 4.69) is 13.8 Å². The van der Waals surface area contributed by atoms with Crippen LogP contribution in [0.1, 0.15) is 58.6 Å². The molecule has 0 aromatic heterocycles. The lowest BCUT2D eigenvalue weighted by Crippen LogP contribution is -2.36. The third kappa shape index (κ3) is 8.65. The second-order valence-corrected chi connectivity index (χ2v) is 7.55. The number of carbonyl (C=O) groups excluding carboxylic acids is 1. The van der Waals surface area contributed by atoms with E-state index in [4.69, 9.17) is 9.47 Å². The van der Waals surface area contributed by atoms with E-state index >= 15 is 0 Å². The Hall–Kier alpha value is -1.76. The molecule has 1 aliphatic rings. The molecule has 2 rings (SSSR count). The van der Waals surface area contributed by atoms with E-state index in [9.17, 15) is 18.0 Å². The van der Waals surface area contributed by atoms with E-state index in [-0.39, 0.29) is 18.8 Å². The number of rotatable bonds is 3. The molecule has 1 saturated heterocycles. The van der Waals surface area contributed by atoms with Crippen molar-refractivity contribution in [2.24, 2.45) is 0 Å². The number of amides is 1. The summed E-state index contributed by atoms with van der Waals surface area (Å²) in [6, 6.07) is 4.90. The maximum Gasteiger partial charge on any atom is 0.416 e. The Kier molecular flexibility index (Phi) is 8.59. The molecule has 27 heavy (non-hydrogen) atoms. The van der Waals surface area contributed by atoms with Gasteiger partial charge in [-0.1, -0.05) is 32.4 Å². The van der Waals surface area contributed by atoms with E-state index in [1.165, 1.54) is 18.6 Å². The number of alkyl halides is 3. The Morgan fingerprint density at radius 2 is 1.70 bits per heavy atom. The van der Waals surface area contributed by atoms with Gasteiger partial charge in [-0.15, -0.1) is 0 Å². The Labute approximate surface area is 159 Å². The molecule has 1 aliphatic heterocycles. The van der Waals surface area contributed by atoms with Gasteiger partial charge in [0.05, 0.1) is 24.8 Å². The first-order chi connectivity index (χ1) is 12.5. The van der Waals surface area contributed by atoms with Crippen LogP contribution >= 0.6 is 0 Å². The van der Waals surface area contributed by atoms with Crippen molar-refractivity contribution in [2.45, 2.75) is 71.9 Å². The number of ether oxygens (including phenoxy) is 2. The predicted octanol–water partition coefficient (Wildman–Crippen LogP) is 5.65. The minimum atomic E-state index is -4.33. The van der Waals surface area contributed by atoms with Crippen LogP contribution in [0.15, 0.2) is 24.3 Å². The fraction of sp³-hybridized carbons (Fsp3) is 0.650. The smallest absolute Gasteiger partial charge is 0.416 e. The van der Waals surface area contributed by atoms with Crippen molar-refractivity contribution in [3.63, 3.8) is 0 Å². The van der Waals surface area contributed by atoms with Gasteiger partial charge < -0.3 is 14.4 Å². The monoisotopic (exact) mass is 389 g/mol. The molecular formula is C20H30F3NO3. The second-order valence-electron chi connectivity index (χ2n) is 7.55. The molecule has 4 nitrogen and oxygen atoms in total. The van der Waals surface area contributed by atoms with E-state index in [0.717, 1.165) is 12.1 Å². The number of halogens is 3. The second kappa shape index (κ2) is 9.97. The van der Waals surface area contributed by atoms with Gasteiger partial charge >= 0.3 is 12.3 Å². The van der Waals surface area contributed by atoms with Gasteiger partial charge in [-0.25, -0.2) is 4.79 Å². The molecule has 1 aromatic carbocycles. The third-order valence-corrected chi connectivity index (χ3v) is 3.56. The number of hydrogen-bond donors (Lipinski definition) is 0. The molecular weight excluding hydrogens is 359 g/mol. The van der Waals surface area contributed by atoms with Gasteiger partial charge in [0, 0.05) is 6.54 Å². The third-order valence-electron chi connectivity index (χ3n) is 3.56. The van der Waals surface area contributed by atoms with Gasteiger partial charge in [-0.05, 0) is 44.9 Å². The van der Waals surface area contributed by atoms with Crippen LogP contribution in [0.25, 0.3) is 0 Å². The molecule has 1 amide bonds. The summed E-state index contributed by atoms with van der Waals surface area (Å²) in [4.78, 5) is 13.5. The SMILES string of the molecule is CC(C)(C)OC(=O)N1CCC(OCc2ccc(C(F)(F)F)cc2)C1.CCC. The number of hydrogen-bond acceptors (Lipinski definition) is 3. The number of benzene rings is 1. The van der Waals surface area contributed by atoms with Crippen LogP contribution in [0.2, 0.25) is 0 Å². The van der Waals surface area contributed by atoms with Gasteiger partial charge in [-0.2, -0.15) is 13.2 Å². The van der Waals surface area contributed by atoms with E-state index < -0.39 is 17.3 Å². The highest BCUT2D eigenvalue weighted by Crippen LogP contribution is 2.29. The molecule has 154 valence electrons. The lowest BCUT2D eigenvalue weighted by Gasteiger charge is -2.24. The molecule has 1 aromatic rings. The van der Waals surface area contributed by atoms with Crippen molar-refractivity contribution >= 4 is 6.09 Å². The largest absolute Gasteiger partial charge is 0.444 e. The topological polar surface area (TPSA) is 38.8 Å². The summed E-state index contributed by atoms with van der Waals surface area (Å²) in [5.41, 5.74) is -0.557. The zero-order valence-corrected chi connectivity index (χ0v) is 16.7. The van der Waals surface area contributed by atoms with Gasteiger partial charge in [0.2, 0.25) is 0 Å². The normalized spacial score (nSPS) is 17.3. The quantitative estimate of drug-likeness (QED) is 0.671. The Bertz CT molecular complexity index is 580. The van der Waals surface area contributed by atoms with Crippen molar-refractivity contribution in [2.75, 3.05) is 13.1 Å². The Morgan fingerprint density at radius 3 is 2.19 bits per heavy atom. The Balaban J connectivity index is 0.00000114. The van der Waals surface area contributed by atoms with Crippen molar-refractivity contribution in [3.8, 4) is 0 Å². The van der Waals surface area contributed by atoms with Crippen LogP contribution in [-0.4, -0.2) is 35.8 Å². The maximum absolute atomic E-state index is 12.5. The van der Waals surface area contributed by atoms with Crippen molar-refractivity contribution < 1.29 is 27.4 Å². The summed E-state index contributed by atoms with van der Waals surface area (Å²) >= 11 is 0. The molecule has 0 saturated carbocycles. The lowest BCUT2D eigenvalue weighted by atomic mass is 10.1. The van der Waals surface area contributed by atoms with E-state index in [0.29, 0.717) is 25.1 Å². The first kappa shape index (κ1) is 23.3. The molecule has 0 radical (unpaired) electrons. The summed E-state index contributed by atoms with van der Waals surface area (Å²) in [7, 11) is 0. The number of carbonyl (C=O) groups is 1. The average Bonchev–Trinajstić information content (AvgIpc) is 3.01. The maximum atomic E-state index is 12.5. The highest BCUT2D eigenvalue weighted by Gasteiger charge is 2.31. The van der Waals surface area contributed by atoms with Crippen LogP contribution in [0.3, 0.4) is 0 Å². The summed E-state index contributed by atoms with van der Waals surface area (Å²) in [6.07, 6.45) is -2.92. The van der Waals surface area contributed by atoms with Gasteiger partial charge in [0.25, 0.3) is 0 Å². The fourth-order valence-corrected chi connectivity index (χ4v) is 2.36. The van der Waals surface area contributed by atoms with Crippen molar-refractivity contribution in [1.29, 1.82) is 0 Å². The fourth-order valence-electron chi connectivity index (χ4n) is 2.36. The van der Waals surface area contributed by atoms with Crippen LogP contribution < -0.4 is 0 Å². The summed E-state index contributed by atoms with van der Waals surface area (Å²) in [6.45, 7) is 10.9. The average molecular weight is 389 g/mol. The molecule has 1 heterocycles. The highest BCUT2D eigenvalue weighted by molar-refractivity contribution is 5.68. The van der Waals surface area contributed by atoms with Crippen LogP contribution in [0, 0.1) is 0 Å². The molecule has 0 spiro atoms. The van der Waals surface area contributed by atoms with Gasteiger partial charge in [0.15, 0.2) is 0 Å². The van der Waals surface area contributed by atoms with Crippen LogP contribution in [0.4, 0.5) is 18.0 Å². The minimum absolute atomic E-state index is 0.139. The van der Waals surface area contributed by atoms with Crippen LogP contribution in [-0.2, 0) is 22.3 Å². The molecule has 7 heteroatoms. The zero-order valence-electron chi connectivity index (χ0n) is 16.7. The van der Waals surface area contributed by atoms with Crippen molar-refractivity contribution in [1.82, 2.24) is 4.90 Å². The first-order valence-corrected chi connectivity index (χ1v) is 9.22. The lowest BCUT2D eigenvalue weighted by molar-refractivity contribution is -0.137. The zero-order chi connectivity index (χ0) is 20.7. The number of nitrogens with zero attached hydrogens (tertiary/aromatic N) is 1. The highest BCUT2D eigenvalue weighted by atomic mass is 19.4. The van der Waals surface area contributed by atoms with E-state index in [1.54, 1.807) is 25.7 Å². The summed E-state index contributed by atoms with van der Waals surface area (Å²) in [5.74, 6) is 0. The van der Waals surface area contributed by atoms with Gasteiger partial charge in [-0.3, -0.25) is 0 Å². The summed E-state index contributed by atoms with van der Waals surface area (Å²) in [5, 5.41) is 0. The molecule has 0 aliphatic carbocycles. The van der Waals surface area contributed by atoms with E-state index in [1.807, 2.05) is 0 Å². The first-order valence-electron chi connectivity index (χ1n) is 9.22. The Morgan fingerprint density at radius 1 is 1.15 bits per heavy atom. The molecule has 0 bridgehead atoms. The summed E-state index contributed by atoms with van der Waals surface area (Å²) < 4.78 is 48.5. The molecule has 1 fully saturated rings. The molecule has 1 atom stereocenters. The predicted molar refractivity (Wildman–Crippen MR) is 98.4 cm³/mol. The molecule has 0 N–H and O–H groups in total. The minimum Gasteiger partial charge on any atom is -0.444 e. The standard InChI is InChI=1S/C17H22F3NO3.C3H8/c1-16(2,3)24-15(22)21-9-8-14(10-21)23-11-12-4-6-13(7-5-12)17(18,19)20;1-3-2/h4-7,14H,8-11H2,1-3H3;3H2,1-2H3. The van der Waals surface area contributed by atoms with Gasteiger partial charge in [0.1, 0.15) is 5.60 Å². The van der Waals surface area contributed by atoms with Crippen molar-refractivity contribution in [3.05, 3.63) is 35.4 Å².